The van der Waals surface area contributed by atoms with Crippen molar-refractivity contribution in [3.63, 3.8) is 0 Å². The molecule has 0 aromatic heterocycles. The van der Waals surface area contributed by atoms with E-state index in [2.05, 4.69) is 5.32 Å². The number of rotatable bonds is 7. The fourth-order valence-corrected chi connectivity index (χ4v) is 1.66. The van der Waals surface area contributed by atoms with E-state index in [4.69, 9.17) is 4.74 Å². The number of benzene rings is 1. The van der Waals surface area contributed by atoms with E-state index in [0.29, 0.717) is 13.0 Å². The predicted octanol–water partition coefficient (Wildman–Crippen LogP) is 2.16. The third-order valence-corrected chi connectivity index (χ3v) is 2.52. The molecule has 0 saturated heterocycles. The molecule has 1 rings (SSSR count). The molecule has 1 N–H and O–H groups in total. The number of nitrogens with one attached hydrogen (secondary N) is 1. The fourth-order valence-electron chi connectivity index (χ4n) is 1.66. The smallest absolute Gasteiger partial charge is 0.307 e. The largest absolute Gasteiger partial charge is 0.465 e. The average molecular weight is 235 g/mol. The normalized spacial score (nSPS) is 12.1. The minimum Gasteiger partial charge on any atom is -0.465 e. The highest BCUT2D eigenvalue weighted by molar-refractivity contribution is 5.70. The van der Waals surface area contributed by atoms with Crippen molar-refractivity contribution in [1.29, 1.82) is 0 Å². The van der Waals surface area contributed by atoms with Crippen molar-refractivity contribution in [3.8, 4) is 0 Å². The zero-order valence-corrected chi connectivity index (χ0v) is 10.6. The number of hydrogen-bond acceptors (Lipinski definition) is 3. The van der Waals surface area contributed by atoms with Crippen LogP contribution in [-0.4, -0.2) is 25.2 Å². The van der Waals surface area contributed by atoms with Crippen molar-refractivity contribution in [1.82, 2.24) is 5.32 Å². The SMILES string of the molecule is CCNC(C)CC(=O)OCCc1ccccc1. The standard InChI is InChI=1S/C14H21NO2/c1-3-15-12(2)11-14(16)17-10-9-13-7-5-4-6-8-13/h4-8,12,15H,3,9-11H2,1-2H3. The van der Waals surface area contributed by atoms with Gasteiger partial charge in [-0.2, -0.15) is 0 Å². The Balaban J connectivity index is 2.16. The lowest BCUT2D eigenvalue weighted by molar-refractivity contribution is -0.144. The number of carbonyl (C=O) groups is 1. The summed E-state index contributed by atoms with van der Waals surface area (Å²) in [5.41, 5.74) is 1.19. The van der Waals surface area contributed by atoms with Crippen molar-refractivity contribution in [2.24, 2.45) is 0 Å². The van der Waals surface area contributed by atoms with Gasteiger partial charge >= 0.3 is 5.97 Å². The number of hydrogen-bond donors (Lipinski definition) is 1. The highest BCUT2D eigenvalue weighted by Crippen LogP contribution is 2.01. The molecule has 1 aromatic rings. The van der Waals surface area contributed by atoms with Crippen molar-refractivity contribution in [2.45, 2.75) is 32.7 Å². The van der Waals surface area contributed by atoms with Crippen molar-refractivity contribution < 1.29 is 9.53 Å². The summed E-state index contributed by atoms with van der Waals surface area (Å²) in [5, 5.41) is 3.18. The van der Waals surface area contributed by atoms with Crippen molar-refractivity contribution in [3.05, 3.63) is 35.9 Å². The maximum Gasteiger partial charge on any atom is 0.307 e. The van der Waals surface area contributed by atoms with Crippen LogP contribution in [0.25, 0.3) is 0 Å². The third kappa shape index (κ3) is 6.07. The molecule has 0 radical (unpaired) electrons. The van der Waals surface area contributed by atoms with E-state index in [0.717, 1.165) is 13.0 Å². The third-order valence-electron chi connectivity index (χ3n) is 2.52. The first-order valence-electron chi connectivity index (χ1n) is 6.15. The molecular formula is C14H21NO2. The molecule has 3 heteroatoms. The second-order valence-corrected chi connectivity index (χ2v) is 4.12. The van der Waals surface area contributed by atoms with Gasteiger partial charge in [0.1, 0.15) is 0 Å². The first-order chi connectivity index (χ1) is 8.22. The van der Waals surface area contributed by atoms with Crippen molar-refractivity contribution in [2.75, 3.05) is 13.2 Å². The minimum atomic E-state index is -0.130. The number of esters is 1. The van der Waals surface area contributed by atoms with Gasteiger partial charge in [-0.1, -0.05) is 37.3 Å². The quantitative estimate of drug-likeness (QED) is 0.736. The highest BCUT2D eigenvalue weighted by Gasteiger charge is 2.08. The van der Waals surface area contributed by atoms with Crippen LogP contribution in [0.2, 0.25) is 0 Å². The van der Waals surface area contributed by atoms with E-state index < -0.39 is 0 Å². The molecule has 3 nitrogen and oxygen atoms in total. The molecule has 17 heavy (non-hydrogen) atoms. The molecule has 0 fully saturated rings. The van der Waals surface area contributed by atoms with Crippen LogP contribution in [0.5, 0.6) is 0 Å². The Morgan fingerprint density at radius 3 is 2.71 bits per heavy atom. The zero-order chi connectivity index (χ0) is 12.5. The maximum absolute atomic E-state index is 11.5. The molecule has 1 aromatic carbocycles. The molecule has 0 spiro atoms. The first kappa shape index (κ1) is 13.7. The van der Waals surface area contributed by atoms with Crippen LogP contribution in [0.4, 0.5) is 0 Å². The molecule has 94 valence electrons. The van der Waals surface area contributed by atoms with Gasteiger partial charge in [0.25, 0.3) is 0 Å². The van der Waals surface area contributed by atoms with Gasteiger partial charge in [-0.05, 0) is 19.0 Å². The zero-order valence-electron chi connectivity index (χ0n) is 10.6. The van der Waals surface area contributed by atoms with Gasteiger partial charge in [-0.25, -0.2) is 0 Å². The minimum absolute atomic E-state index is 0.130. The van der Waals surface area contributed by atoms with E-state index in [1.165, 1.54) is 5.56 Å². The summed E-state index contributed by atoms with van der Waals surface area (Å²) in [7, 11) is 0. The highest BCUT2D eigenvalue weighted by atomic mass is 16.5. The van der Waals surface area contributed by atoms with E-state index >= 15 is 0 Å². The van der Waals surface area contributed by atoms with Crippen LogP contribution in [0.1, 0.15) is 25.8 Å². The fraction of sp³-hybridized carbons (Fsp3) is 0.500. The summed E-state index contributed by atoms with van der Waals surface area (Å²) < 4.78 is 5.18. The molecule has 0 bridgehead atoms. The van der Waals surface area contributed by atoms with Gasteiger partial charge in [-0.3, -0.25) is 4.79 Å². The summed E-state index contributed by atoms with van der Waals surface area (Å²) in [6.07, 6.45) is 1.21. The van der Waals surface area contributed by atoms with E-state index in [-0.39, 0.29) is 12.0 Å². The van der Waals surface area contributed by atoms with Crippen LogP contribution < -0.4 is 5.32 Å². The molecule has 0 aliphatic carbocycles. The average Bonchev–Trinajstić information content (AvgIpc) is 2.30. The van der Waals surface area contributed by atoms with Crippen LogP contribution in [-0.2, 0) is 16.0 Å². The van der Waals surface area contributed by atoms with Gasteiger partial charge in [-0.15, -0.1) is 0 Å². The molecular weight excluding hydrogens is 214 g/mol. The summed E-state index contributed by atoms with van der Waals surface area (Å²) in [4.78, 5) is 11.5. The summed E-state index contributed by atoms with van der Waals surface area (Å²) in [5.74, 6) is -0.130. The summed E-state index contributed by atoms with van der Waals surface area (Å²) in [6, 6.07) is 10.2. The van der Waals surface area contributed by atoms with Crippen LogP contribution >= 0.6 is 0 Å². The first-order valence-corrected chi connectivity index (χ1v) is 6.15. The Morgan fingerprint density at radius 1 is 1.35 bits per heavy atom. The maximum atomic E-state index is 11.5. The van der Waals surface area contributed by atoms with Crippen LogP contribution in [0.15, 0.2) is 30.3 Å². The lowest BCUT2D eigenvalue weighted by atomic mass is 10.2. The van der Waals surface area contributed by atoms with Gasteiger partial charge in [0, 0.05) is 12.5 Å². The summed E-state index contributed by atoms with van der Waals surface area (Å²) >= 11 is 0. The van der Waals surface area contributed by atoms with Crippen LogP contribution in [0, 0.1) is 0 Å². The molecule has 0 amide bonds. The lowest BCUT2D eigenvalue weighted by Crippen LogP contribution is -2.29. The molecule has 1 atom stereocenters. The Kier molecular flexibility index (Phi) is 6.33. The molecule has 1 unspecified atom stereocenters. The molecule has 0 aliphatic heterocycles. The van der Waals surface area contributed by atoms with Gasteiger partial charge in [0.2, 0.25) is 0 Å². The van der Waals surface area contributed by atoms with Crippen molar-refractivity contribution >= 4 is 5.97 Å². The number of carbonyl (C=O) groups excluding carboxylic acids is 1. The Hall–Kier alpha value is -1.35. The second kappa shape index (κ2) is 7.85. The summed E-state index contributed by atoms with van der Waals surface area (Å²) in [6.45, 7) is 5.35. The molecule has 0 saturated carbocycles. The lowest BCUT2D eigenvalue weighted by Gasteiger charge is -2.11. The Bertz CT molecular complexity index is 324. The molecule has 0 heterocycles. The van der Waals surface area contributed by atoms with Gasteiger partial charge in [0.15, 0.2) is 0 Å². The second-order valence-electron chi connectivity index (χ2n) is 4.12. The Labute approximate surface area is 103 Å². The topological polar surface area (TPSA) is 38.3 Å². The van der Waals surface area contributed by atoms with Gasteiger partial charge in [0.05, 0.1) is 13.0 Å². The monoisotopic (exact) mass is 235 g/mol. The van der Waals surface area contributed by atoms with Crippen LogP contribution in [0.3, 0.4) is 0 Å². The van der Waals surface area contributed by atoms with E-state index in [9.17, 15) is 4.79 Å². The molecule has 0 aliphatic rings. The Morgan fingerprint density at radius 2 is 2.06 bits per heavy atom. The van der Waals surface area contributed by atoms with E-state index in [1.54, 1.807) is 0 Å². The number of ether oxygens (including phenoxy) is 1. The predicted molar refractivity (Wildman–Crippen MR) is 68.9 cm³/mol. The van der Waals surface area contributed by atoms with E-state index in [1.807, 2.05) is 44.2 Å². The van der Waals surface area contributed by atoms with Gasteiger partial charge < -0.3 is 10.1 Å².